The van der Waals surface area contributed by atoms with Crippen molar-refractivity contribution in [3.05, 3.63) is 12.7 Å². The maximum atomic E-state index is 10.9. The molecule has 0 fully saturated rings. The van der Waals surface area contributed by atoms with Gasteiger partial charge in [0.2, 0.25) is 0 Å². The topological polar surface area (TPSA) is 38.3 Å². The van der Waals surface area contributed by atoms with Crippen LogP contribution in [0.1, 0.15) is 32.6 Å². The van der Waals surface area contributed by atoms with E-state index in [9.17, 15) is 4.79 Å². The van der Waals surface area contributed by atoms with Crippen molar-refractivity contribution in [3.63, 3.8) is 0 Å². The van der Waals surface area contributed by atoms with Crippen LogP contribution in [0.3, 0.4) is 0 Å². The number of hydrogen-bond donors (Lipinski definition) is 1. The molecule has 14 heavy (non-hydrogen) atoms. The molecular weight excluding hydrogens is 178 g/mol. The fraction of sp³-hybridized carbons (Fsp3) is 0.727. The van der Waals surface area contributed by atoms with Gasteiger partial charge >= 0.3 is 5.97 Å². The van der Waals surface area contributed by atoms with Crippen LogP contribution >= 0.6 is 0 Å². The van der Waals surface area contributed by atoms with Crippen molar-refractivity contribution in [3.8, 4) is 0 Å². The number of rotatable bonds is 9. The molecule has 0 aromatic carbocycles. The van der Waals surface area contributed by atoms with Crippen LogP contribution in [0.15, 0.2) is 12.7 Å². The van der Waals surface area contributed by atoms with Crippen LogP contribution in [0.5, 0.6) is 0 Å². The van der Waals surface area contributed by atoms with Gasteiger partial charge < -0.3 is 10.1 Å². The van der Waals surface area contributed by atoms with Crippen molar-refractivity contribution >= 4 is 5.97 Å². The number of hydrogen-bond acceptors (Lipinski definition) is 3. The maximum absolute atomic E-state index is 10.9. The summed E-state index contributed by atoms with van der Waals surface area (Å²) in [6, 6.07) is 0. The second-order valence-corrected chi connectivity index (χ2v) is 3.12. The lowest BCUT2D eigenvalue weighted by molar-refractivity contribution is -0.141. The van der Waals surface area contributed by atoms with Crippen molar-refractivity contribution in [2.45, 2.75) is 32.6 Å². The predicted molar refractivity (Wildman–Crippen MR) is 58.2 cm³/mol. The highest BCUT2D eigenvalue weighted by Gasteiger charge is 1.98. The molecule has 1 N–H and O–H groups in total. The Morgan fingerprint density at radius 1 is 1.43 bits per heavy atom. The van der Waals surface area contributed by atoms with Gasteiger partial charge in [0.15, 0.2) is 0 Å². The molecule has 0 bridgehead atoms. The van der Waals surface area contributed by atoms with E-state index in [0.29, 0.717) is 13.2 Å². The second-order valence-electron chi connectivity index (χ2n) is 3.12. The van der Waals surface area contributed by atoms with Crippen LogP contribution in [0.4, 0.5) is 0 Å². The molecular formula is C11H21NO2. The van der Waals surface area contributed by atoms with Gasteiger partial charge in [0.05, 0.1) is 13.2 Å². The summed E-state index contributed by atoms with van der Waals surface area (Å²) in [6.07, 6.45) is 6.49. The summed E-state index contributed by atoms with van der Waals surface area (Å²) in [5.74, 6) is -0.168. The molecule has 0 aliphatic heterocycles. The molecule has 0 saturated heterocycles. The standard InChI is InChI=1S/C11H21NO2/c1-3-5-6-7-8-9-12-10-11(13)14-4-2/h3,12H,1,4-10H2,2H3. The zero-order chi connectivity index (χ0) is 10.6. The molecule has 3 nitrogen and oxygen atoms in total. The smallest absolute Gasteiger partial charge is 0.319 e. The molecule has 0 aliphatic carbocycles. The third-order valence-electron chi connectivity index (χ3n) is 1.84. The first kappa shape index (κ1) is 13.2. The molecule has 0 radical (unpaired) electrons. The molecule has 0 saturated carbocycles. The predicted octanol–water partition coefficient (Wildman–Crippen LogP) is 1.89. The highest BCUT2D eigenvalue weighted by atomic mass is 16.5. The van der Waals surface area contributed by atoms with Crippen molar-refractivity contribution in [2.75, 3.05) is 19.7 Å². The van der Waals surface area contributed by atoms with Crippen molar-refractivity contribution in [1.29, 1.82) is 0 Å². The first-order chi connectivity index (χ1) is 6.81. The summed E-state index contributed by atoms with van der Waals surface area (Å²) < 4.78 is 4.77. The van der Waals surface area contributed by atoms with E-state index in [1.165, 1.54) is 12.8 Å². The highest BCUT2D eigenvalue weighted by Crippen LogP contribution is 1.98. The average Bonchev–Trinajstić information content (AvgIpc) is 2.17. The van der Waals surface area contributed by atoms with Gasteiger partial charge in [0, 0.05) is 0 Å². The number of esters is 1. The first-order valence-corrected chi connectivity index (χ1v) is 5.28. The summed E-state index contributed by atoms with van der Waals surface area (Å²) in [5, 5.41) is 3.05. The van der Waals surface area contributed by atoms with Gasteiger partial charge in [0.25, 0.3) is 0 Å². The van der Waals surface area contributed by atoms with E-state index in [2.05, 4.69) is 11.9 Å². The molecule has 0 rings (SSSR count). The Kier molecular flexibility index (Phi) is 9.64. The molecule has 0 unspecified atom stereocenters. The normalized spacial score (nSPS) is 9.79. The molecule has 0 amide bonds. The number of nitrogens with one attached hydrogen (secondary N) is 1. The Bertz CT molecular complexity index is 157. The molecule has 0 aromatic heterocycles. The van der Waals surface area contributed by atoms with Gasteiger partial charge in [-0.3, -0.25) is 4.79 Å². The molecule has 0 aliphatic rings. The zero-order valence-electron chi connectivity index (χ0n) is 9.05. The van der Waals surface area contributed by atoms with Gasteiger partial charge in [0.1, 0.15) is 0 Å². The summed E-state index contributed by atoms with van der Waals surface area (Å²) >= 11 is 0. The third kappa shape index (κ3) is 9.26. The third-order valence-corrected chi connectivity index (χ3v) is 1.84. The molecule has 0 heterocycles. The number of carbonyl (C=O) groups is 1. The minimum atomic E-state index is -0.168. The van der Waals surface area contributed by atoms with Gasteiger partial charge in [-0.2, -0.15) is 0 Å². The van der Waals surface area contributed by atoms with Crippen LogP contribution < -0.4 is 5.32 Å². The largest absolute Gasteiger partial charge is 0.465 e. The minimum absolute atomic E-state index is 0.168. The van der Waals surface area contributed by atoms with Crippen LogP contribution in [0.25, 0.3) is 0 Å². The Hall–Kier alpha value is -0.830. The Morgan fingerprint density at radius 2 is 2.21 bits per heavy atom. The fourth-order valence-corrected chi connectivity index (χ4v) is 1.12. The average molecular weight is 199 g/mol. The monoisotopic (exact) mass is 199 g/mol. The van der Waals surface area contributed by atoms with E-state index in [0.717, 1.165) is 19.4 Å². The molecule has 82 valence electrons. The van der Waals surface area contributed by atoms with Crippen molar-refractivity contribution in [1.82, 2.24) is 5.32 Å². The van der Waals surface area contributed by atoms with Crippen molar-refractivity contribution < 1.29 is 9.53 Å². The molecule has 0 spiro atoms. The van der Waals surface area contributed by atoms with Crippen LogP contribution in [-0.2, 0) is 9.53 Å². The Labute approximate surface area is 86.5 Å². The number of carbonyl (C=O) groups excluding carboxylic acids is 1. The SMILES string of the molecule is C=CCCCCCNCC(=O)OCC. The van der Waals surface area contributed by atoms with E-state index in [1.54, 1.807) is 0 Å². The number of ether oxygens (including phenoxy) is 1. The maximum Gasteiger partial charge on any atom is 0.319 e. The summed E-state index contributed by atoms with van der Waals surface area (Å²) in [4.78, 5) is 10.9. The van der Waals surface area contributed by atoms with Gasteiger partial charge in [-0.25, -0.2) is 0 Å². The lowest BCUT2D eigenvalue weighted by atomic mass is 10.2. The van der Waals surface area contributed by atoms with E-state index in [4.69, 9.17) is 4.74 Å². The van der Waals surface area contributed by atoms with E-state index < -0.39 is 0 Å². The van der Waals surface area contributed by atoms with Gasteiger partial charge in [-0.1, -0.05) is 12.5 Å². The van der Waals surface area contributed by atoms with E-state index in [-0.39, 0.29) is 5.97 Å². The molecule has 3 heteroatoms. The van der Waals surface area contributed by atoms with Gasteiger partial charge in [-0.05, 0) is 32.7 Å². The number of unbranched alkanes of at least 4 members (excludes halogenated alkanes) is 3. The fourth-order valence-electron chi connectivity index (χ4n) is 1.12. The summed E-state index contributed by atoms with van der Waals surface area (Å²) in [5.41, 5.74) is 0. The molecule has 0 atom stereocenters. The molecule has 0 aromatic rings. The Morgan fingerprint density at radius 3 is 2.86 bits per heavy atom. The highest BCUT2D eigenvalue weighted by molar-refractivity contribution is 5.71. The Balaban J connectivity index is 3.05. The lowest BCUT2D eigenvalue weighted by Gasteiger charge is -2.03. The minimum Gasteiger partial charge on any atom is -0.465 e. The van der Waals surface area contributed by atoms with Crippen LogP contribution in [-0.4, -0.2) is 25.7 Å². The second kappa shape index (κ2) is 10.3. The summed E-state index contributed by atoms with van der Waals surface area (Å²) in [6.45, 7) is 7.15. The van der Waals surface area contributed by atoms with Gasteiger partial charge in [-0.15, -0.1) is 6.58 Å². The number of allylic oxidation sites excluding steroid dienone is 1. The van der Waals surface area contributed by atoms with E-state index in [1.807, 2.05) is 13.0 Å². The zero-order valence-corrected chi connectivity index (χ0v) is 9.05. The van der Waals surface area contributed by atoms with Crippen molar-refractivity contribution in [2.24, 2.45) is 0 Å². The first-order valence-electron chi connectivity index (χ1n) is 5.28. The van der Waals surface area contributed by atoms with Crippen LogP contribution in [0.2, 0.25) is 0 Å². The summed E-state index contributed by atoms with van der Waals surface area (Å²) in [7, 11) is 0. The quantitative estimate of drug-likeness (QED) is 0.350. The van der Waals surface area contributed by atoms with Crippen LogP contribution in [0, 0.1) is 0 Å². The lowest BCUT2D eigenvalue weighted by Crippen LogP contribution is -2.25. The van der Waals surface area contributed by atoms with E-state index >= 15 is 0 Å².